The lowest BCUT2D eigenvalue weighted by Gasteiger charge is -2.15. The highest BCUT2D eigenvalue weighted by molar-refractivity contribution is 7.87. The van der Waals surface area contributed by atoms with E-state index in [9.17, 15) is 13.2 Å². The molecule has 0 unspecified atom stereocenters. The van der Waals surface area contributed by atoms with Crippen LogP contribution in [0.2, 0.25) is 0 Å². The molecule has 0 saturated carbocycles. The molecule has 0 heterocycles. The van der Waals surface area contributed by atoms with E-state index in [0.717, 1.165) is 0 Å². The second-order valence-corrected chi connectivity index (χ2v) is 8.02. The van der Waals surface area contributed by atoms with Crippen LogP contribution in [0.4, 0.5) is 5.69 Å². The highest BCUT2D eigenvalue weighted by Gasteiger charge is 2.20. The minimum Gasteiger partial charge on any atom is -0.497 e. The predicted octanol–water partition coefficient (Wildman–Crippen LogP) is 4.33. The first-order valence-electron chi connectivity index (χ1n) is 8.86. The molecule has 0 saturated heterocycles. The Morgan fingerprint density at radius 2 is 1.48 bits per heavy atom. The lowest BCUT2D eigenvalue weighted by Crippen LogP contribution is -2.14. The first-order valence-corrected chi connectivity index (χ1v) is 10.3. The molecule has 0 aromatic heterocycles. The molecule has 0 aliphatic rings. The van der Waals surface area contributed by atoms with Gasteiger partial charge in [-0.1, -0.05) is 18.2 Å². The summed E-state index contributed by atoms with van der Waals surface area (Å²) in [6.45, 7) is 3.45. The molecule has 0 spiro atoms. The average Bonchev–Trinajstić information content (AvgIpc) is 2.71. The van der Waals surface area contributed by atoms with E-state index in [0.29, 0.717) is 28.1 Å². The largest absolute Gasteiger partial charge is 0.497 e. The van der Waals surface area contributed by atoms with Crippen LogP contribution >= 0.6 is 0 Å². The zero-order chi connectivity index (χ0) is 21.0. The van der Waals surface area contributed by atoms with Gasteiger partial charge in [0.15, 0.2) is 0 Å². The average molecular weight is 411 g/mol. The van der Waals surface area contributed by atoms with Crippen LogP contribution in [0.1, 0.15) is 21.5 Å². The van der Waals surface area contributed by atoms with E-state index in [1.807, 2.05) is 6.07 Å². The van der Waals surface area contributed by atoms with Crippen molar-refractivity contribution in [3.8, 4) is 11.5 Å². The number of ether oxygens (including phenoxy) is 1. The Kier molecular flexibility index (Phi) is 5.89. The number of rotatable bonds is 6. The topological polar surface area (TPSA) is 81.7 Å². The van der Waals surface area contributed by atoms with Crippen molar-refractivity contribution in [3.63, 3.8) is 0 Å². The number of nitrogens with one attached hydrogen (secondary N) is 1. The molecule has 6 nitrogen and oxygen atoms in total. The van der Waals surface area contributed by atoms with Crippen LogP contribution < -0.4 is 14.2 Å². The molecule has 0 aliphatic carbocycles. The molecular weight excluding hydrogens is 390 g/mol. The monoisotopic (exact) mass is 411 g/mol. The van der Waals surface area contributed by atoms with E-state index >= 15 is 0 Å². The van der Waals surface area contributed by atoms with E-state index < -0.39 is 10.1 Å². The smallest absolute Gasteiger partial charge is 0.339 e. The maximum absolute atomic E-state index is 12.6. The molecule has 0 bridgehead atoms. The van der Waals surface area contributed by atoms with Crippen molar-refractivity contribution in [1.29, 1.82) is 0 Å². The molecule has 0 aliphatic heterocycles. The molecule has 0 radical (unpaired) electrons. The van der Waals surface area contributed by atoms with Crippen LogP contribution in [0.25, 0.3) is 0 Å². The minimum atomic E-state index is -4.01. The Labute approximate surface area is 170 Å². The summed E-state index contributed by atoms with van der Waals surface area (Å²) in [5.74, 6) is 0.539. The molecule has 0 fully saturated rings. The third-order valence-electron chi connectivity index (χ3n) is 4.30. The van der Waals surface area contributed by atoms with Gasteiger partial charge in [0.25, 0.3) is 5.91 Å². The molecule has 1 N–H and O–H groups in total. The molecule has 0 atom stereocenters. The van der Waals surface area contributed by atoms with E-state index in [-0.39, 0.29) is 16.6 Å². The molecule has 150 valence electrons. The SMILES string of the molecule is COc1ccc(S(=O)(=O)Oc2c(C)cc(NC(=O)c3ccccc3)cc2C)cc1. The molecule has 3 aromatic carbocycles. The van der Waals surface area contributed by atoms with Crippen molar-refractivity contribution in [2.75, 3.05) is 12.4 Å². The van der Waals surface area contributed by atoms with Gasteiger partial charge in [-0.3, -0.25) is 4.79 Å². The van der Waals surface area contributed by atoms with Gasteiger partial charge in [-0.15, -0.1) is 0 Å². The molecule has 1 amide bonds. The summed E-state index contributed by atoms with van der Waals surface area (Å²) in [7, 11) is -2.50. The normalized spacial score (nSPS) is 11.0. The predicted molar refractivity (Wildman–Crippen MR) is 111 cm³/mol. The van der Waals surface area contributed by atoms with Crippen molar-refractivity contribution in [1.82, 2.24) is 0 Å². The zero-order valence-electron chi connectivity index (χ0n) is 16.3. The van der Waals surface area contributed by atoms with E-state index in [2.05, 4.69) is 5.32 Å². The van der Waals surface area contributed by atoms with Gasteiger partial charge in [0.2, 0.25) is 0 Å². The number of carbonyl (C=O) groups excluding carboxylic acids is 1. The van der Waals surface area contributed by atoms with Crippen molar-refractivity contribution in [3.05, 3.63) is 83.4 Å². The standard InChI is InChI=1S/C22H21NO5S/c1-15-13-18(23-22(24)17-7-5-4-6-8-17)14-16(2)21(15)28-29(25,26)20-11-9-19(27-3)10-12-20/h4-14H,1-3H3,(H,23,24). The summed E-state index contributed by atoms with van der Waals surface area (Å²) >= 11 is 0. The number of carbonyl (C=O) groups is 1. The van der Waals surface area contributed by atoms with Gasteiger partial charge < -0.3 is 14.2 Å². The summed E-state index contributed by atoms with van der Waals surface area (Å²) in [6, 6.07) is 18.1. The first-order chi connectivity index (χ1) is 13.8. The summed E-state index contributed by atoms with van der Waals surface area (Å²) in [6.07, 6.45) is 0. The Morgan fingerprint density at radius 1 is 0.897 bits per heavy atom. The summed E-state index contributed by atoms with van der Waals surface area (Å²) in [4.78, 5) is 12.4. The van der Waals surface area contributed by atoms with Gasteiger partial charge in [-0.2, -0.15) is 8.42 Å². The highest BCUT2D eigenvalue weighted by Crippen LogP contribution is 2.30. The van der Waals surface area contributed by atoms with Gasteiger partial charge >= 0.3 is 10.1 Å². The van der Waals surface area contributed by atoms with E-state index in [1.54, 1.807) is 62.4 Å². The van der Waals surface area contributed by atoms with Crippen LogP contribution in [0.5, 0.6) is 11.5 Å². The number of benzene rings is 3. The Hall–Kier alpha value is -3.32. The number of methoxy groups -OCH3 is 1. The van der Waals surface area contributed by atoms with Crippen molar-refractivity contribution < 1.29 is 22.1 Å². The maximum atomic E-state index is 12.6. The van der Waals surface area contributed by atoms with Crippen molar-refractivity contribution >= 4 is 21.7 Å². The van der Waals surface area contributed by atoms with Gasteiger partial charge in [-0.25, -0.2) is 0 Å². The second-order valence-electron chi connectivity index (χ2n) is 6.47. The highest BCUT2D eigenvalue weighted by atomic mass is 32.2. The zero-order valence-corrected chi connectivity index (χ0v) is 17.1. The number of hydrogen-bond donors (Lipinski definition) is 1. The van der Waals surface area contributed by atoms with Crippen LogP contribution in [-0.4, -0.2) is 21.4 Å². The van der Waals surface area contributed by atoms with Gasteiger partial charge in [-0.05, 0) is 73.5 Å². The lowest BCUT2D eigenvalue weighted by molar-refractivity contribution is 0.102. The number of hydrogen-bond acceptors (Lipinski definition) is 5. The number of amides is 1. The summed E-state index contributed by atoms with van der Waals surface area (Å²) < 4.78 is 35.7. The maximum Gasteiger partial charge on any atom is 0.339 e. The Balaban J connectivity index is 1.82. The summed E-state index contributed by atoms with van der Waals surface area (Å²) in [5, 5.41) is 2.82. The molecule has 29 heavy (non-hydrogen) atoms. The van der Waals surface area contributed by atoms with Crippen LogP contribution in [0.15, 0.2) is 71.6 Å². The fourth-order valence-corrected chi connectivity index (χ4v) is 3.89. The number of aryl methyl sites for hydroxylation is 2. The van der Waals surface area contributed by atoms with Crippen LogP contribution in [0, 0.1) is 13.8 Å². The minimum absolute atomic E-state index is 0.0264. The summed E-state index contributed by atoms with van der Waals surface area (Å²) in [5.41, 5.74) is 2.27. The first kappa shape index (κ1) is 20.4. The van der Waals surface area contributed by atoms with Crippen molar-refractivity contribution in [2.45, 2.75) is 18.7 Å². The fraction of sp³-hybridized carbons (Fsp3) is 0.136. The fourth-order valence-electron chi connectivity index (χ4n) is 2.85. The molecule has 3 aromatic rings. The lowest BCUT2D eigenvalue weighted by atomic mass is 10.1. The third kappa shape index (κ3) is 4.75. The second kappa shape index (κ2) is 8.36. The quantitative estimate of drug-likeness (QED) is 0.611. The Bertz CT molecular complexity index is 1100. The molecule has 7 heteroatoms. The van der Waals surface area contributed by atoms with E-state index in [4.69, 9.17) is 8.92 Å². The van der Waals surface area contributed by atoms with Crippen LogP contribution in [0.3, 0.4) is 0 Å². The van der Waals surface area contributed by atoms with Crippen LogP contribution in [-0.2, 0) is 10.1 Å². The van der Waals surface area contributed by atoms with Gasteiger partial charge in [0, 0.05) is 11.3 Å². The Morgan fingerprint density at radius 3 is 2.03 bits per heavy atom. The van der Waals surface area contributed by atoms with Crippen molar-refractivity contribution in [2.24, 2.45) is 0 Å². The third-order valence-corrected chi connectivity index (χ3v) is 5.53. The van der Waals surface area contributed by atoms with Gasteiger partial charge in [0.1, 0.15) is 16.4 Å². The molecule has 3 rings (SSSR count). The van der Waals surface area contributed by atoms with E-state index in [1.165, 1.54) is 19.2 Å². The van der Waals surface area contributed by atoms with Gasteiger partial charge in [0.05, 0.1) is 7.11 Å². The molecular formula is C22H21NO5S. The number of anilines is 1.